The average Bonchev–Trinajstić information content (AvgIpc) is 3.28. The van der Waals surface area contributed by atoms with Crippen molar-refractivity contribution in [3.05, 3.63) is 47.7 Å². The molecule has 4 rings (SSSR count). The zero-order chi connectivity index (χ0) is 16.5. The molecule has 1 aromatic heterocycles. The second-order valence-electron chi connectivity index (χ2n) is 6.59. The number of aromatic nitrogens is 2. The van der Waals surface area contributed by atoms with E-state index in [1.54, 1.807) is 10.9 Å². The summed E-state index contributed by atoms with van der Waals surface area (Å²) in [6.45, 7) is 1.90. The Hall–Kier alpha value is -2.01. The van der Waals surface area contributed by atoms with Crippen molar-refractivity contribution in [3.63, 3.8) is 0 Å². The van der Waals surface area contributed by atoms with Crippen molar-refractivity contribution in [1.29, 1.82) is 0 Å². The Kier molecular flexibility index (Phi) is 4.19. The van der Waals surface area contributed by atoms with Gasteiger partial charge in [0.25, 0.3) is 0 Å². The summed E-state index contributed by atoms with van der Waals surface area (Å²) in [5.74, 6) is 1.79. The first kappa shape index (κ1) is 15.5. The smallest absolute Gasteiger partial charge is 0.244 e. The first-order valence-electron chi connectivity index (χ1n) is 8.37. The van der Waals surface area contributed by atoms with E-state index in [0.717, 1.165) is 31.7 Å². The number of hydrogen-bond acceptors (Lipinski definition) is 3. The van der Waals surface area contributed by atoms with Gasteiger partial charge in [-0.25, -0.2) is 0 Å². The van der Waals surface area contributed by atoms with E-state index >= 15 is 0 Å². The van der Waals surface area contributed by atoms with Crippen LogP contribution in [0.3, 0.4) is 0 Å². The molecular formula is C18H20ClN3O2. The van der Waals surface area contributed by atoms with Crippen LogP contribution in [0.15, 0.2) is 42.7 Å². The quantitative estimate of drug-likeness (QED) is 0.856. The lowest BCUT2D eigenvalue weighted by Gasteiger charge is -2.22. The number of fused-ring (bicyclic) bond motifs is 1. The van der Waals surface area contributed by atoms with Crippen LogP contribution in [0.25, 0.3) is 0 Å². The maximum Gasteiger partial charge on any atom is 0.244 e. The van der Waals surface area contributed by atoms with Gasteiger partial charge < -0.3 is 9.64 Å². The van der Waals surface area contributed by atoms with Gasteiger partial charge in [0, 0.05) is 31.4 Å². The summed E-state index contributed by atoms with van der Waals surface area (Å²) >= 11 is 6.20. The number of hydrogen-bond donors (Lipinski definition) is 0. The van der Waals surface area contributed by atoms with Crippen LogP contribution in [-0.4, -0.2) is 39.8 Å². The monoisotopic (exact) mass is 345 g/mol. The predicted molar refractivity (Wildman–Crippen MR) is 90.9 cm³/mol. The van der Waals surface area contributed by atoms with Gasteiger partial charge in [-0.3, -0.25) is 9.48 Å². The number of ether oxygens (including phenoxy) is 1. The summed E-state index contributed by atoms with van der Waals surface area (Å²) in [5, 5.41) is 4.75. The van der Waals surface area contributed by atoms with Crippen LogP contribution in [0.2, 0.25) is 5.02 Å². The molecule has 0 bridgehead atoms. The van der Waals surface area contributed by atoms with E-state index in [4.69, 9.17) is 16.3 Å². The van der Waals surface area contributed by atoms with Crippen molar-refractivity contribution >= 4 is 17.5 Å². The molecule has 2 heterocycles. The lowest BCUT2D eigenvalue weighted by molar-refractivity contribution is -0.131. The Morgan fingerprint density at radius 2 is 2.12 bits per heavy atom. The number of carbonyl (C=O) groups excluding carboxylic acids is 1. The van der Waals surface area contributed by atoms with E-state index in [-0.39, 0.29) is 12.0 Å². The van der Waals surface area contributed by atoms with Crippen LogP contribution < -0.4 is 4.74 Å². The minimum atomic E-state index is 0.129. The summed E-state index contributed by atoms with van der Waals surface area (Å²) in [7, 11) is 0. The normalized spacial score (nSPS) is 25.7. The Bertz CT molecular complexity index is 719. The molecule has 2 aromatic rings. The van der Waals surface area contributed by atoms with Gasteiger partial charge in [0.2, 0.25) is 5.91 Å². The maximum absolute atomic E-state index is 12.5. The van der Waals surface area contributed by atoms with Gasteiger partial charge in [0.15, 0.2) is 0 Å². The maximum atomic E-state index is 12.5. The highest BCUT2D eigenvalue weighted by molar-refractivity contribution is 6.32. The molecule has 1 saturated carbocycles. The van der Waals surface area contributed by atoms with Crippen LogP contribution in [-0.2, 0) is 11.3 Å². The molecule has 0 radical (unpaired) electrons. The molecule has 24 heavy (non-hydrogen) atoms. The standard InChI is InChI=1S/C18H20ClN3O2/c19-15-4-1-2-5-17(15)24-16-7-6-13-10-21(11-14(13)16)18(23)12-22-9-3-8-20-22/h1-5,8-9,13-14,16H,6-7,10-12H2/t13-,14+,16-/m0/s1. The summed E-state index contributed by atoms with van der Waals surface area (Å²) in [6, 6.07) is 9.42. The van der Waals surface area contributed by atoms with Crippen molar-refractivity contribution < 1.29 is 9.53 Å². The molecule has 2 fully saturated rings. The van der Waals surface area contributed by atoms with Gasteiger partial charge in [-0.2, -0.15) is 5.10 Å². The number of halogens is 1. The number of rotatable bonds is 4. The minimum absolute atomic E-state index is 0.129. The molecule has 126 valence electrons. The van der Waals surface area contributed by atoms with E-state index < -0.39 is 0 Å². The number of para-hydroxylation sites is 1. The van der Waals surface area contributed by atoms with Crippen molar-refractivity contribution in [3.8, 4) is 5.75 Å². The van der Waals surface area contributed by atoms with Gasteiger partial charge in [-0.15, -0.1) is 0 Å². The van der Waals surface area contributed by atoms with Gasteiger partial charge in [0.1, 0.15) is 18.4 Å². The van der Waals surface area contributed by atoms with Crippen molar-refractivity contribution in [2.75, 3.05) is 13.1 Å². The van der Waals surface area contributed by atoms with E-state index in [2.05, 4.69) is 5.10 Å². The topological polar surface area (TPSA) is 47.4 Å². The summed E-state index contributed by atoms with van der Waals surface area (Å²) < 4.78 is 7.84. The third-order valence-electron chi connectivity index (χ3n) is 5.12. The van der Waals surface area contributed by atoms with Gasteiger partial charge in [-0.05, 0) is 37.0 Å². The van der Waals surface area contributed by atoms with Crippen molar-refractivity contribution in [2.45, 2.75) is 25.5 Å². The molecule has 2 aliphatic rings. The second-order valence-corrected chi connectivity index (χ2v) is 7.00. The molecule has 1 aliphatic carbocycles. The van der Waals surface area contributed by atoms with Crippen LogP contribution >= 0.6 is 11.6 Å². The lowest BCUT2D eigenvalue weighted by Crippen LogP contribution is -2.34. The number of benzene rings is 1. The van der Waals surface area contributed by atoms with Gasteiger partial charge >= 0.3 is 0 Å². The molecule has 0 N–H and O–H groups in total. The Morgan fingerprint density at radius 3 is 2.92 bits per heavy atom. The molecule has 1 aliphatic heterocycles. The van der Waals surface area contributed by atoms with Crippen LogP contribution in [0, 0.1) is 11.8 Å². The molecule has 3 atom stereocenters. The number of likely N-dealkylation sites (tertiary alicyclic amines) is 1. The fourth-order valence-corrected chi connectivity index (χ4v) is 4.08. The third kappa shape index (κ3) is 3.00. The van der Waals surface area contributed by atoms with Crippen LogP contribution in [0.5, 0.6) is 5.75 Å². The average molecular weight is 346 g/mol. The molecule has 1 aromatic carbocycles. The zero-order valence-electron chi connectivity index (χ0n) is 13.3. The third-order valence-corrected chi connectivity index (χ3v) is 5.43. The summed E-state index contributed by atoms with van der Waals surface area (Å²) in [4.78, 5) is 14.4. The van der Waals surface area contributed by atoms with Crippen LogP contribution in [0.4, 0.5) is 0 Å². The molecule has 1 amide bonds. The molecule has 0 unspecified atom stereocenters. The molecule has 1 saturated heterocycles. The first-order chi connectivity index (χ1) is 11.7. The van der Waals surface area contributed by atoms with Crippen molar-refractivity contribution in [2.24, 2.45) is 11.8 Å². The highest BCUT2D eigenvalue weighted by Gasteiger charge is 2.45. The highest BCUT2D eigenvalue weighted by atomic mass is 35.5. The fourth-order valence-electron chi connectivity index (χ4n) is 3.90. The van der Waals surface area contributed by atoms with E-state index in [1.165, 1.54) is 0 Å². The zero-order valence-corrected chi connectivity index (χ0v) is 14.1. The summed E-state index contributed by atoms with van der Waals surface area (Å²) in [6.07, 6.45) is 5.78. The Morgan fingerprint density at radius 1 is 1.25 bits per heavy atom. The Labute approximate surface area is 146 Å². The second kappa shape index (κ2) is 6.48. The largest absolute Gasteiger partial charge is 0.489 e. The molecule has 0 spiro atoms. The van der Waals surface area contributed by atoms with Gasteiger partial charge in [0.05, 0.1) is 5.02 Å². The fraction of sp³-hybridized carbons (Fsp3) is 0.444. The minimum Gasteiger partial charge on any atom is -0.489 e. The van der Waals surface area contributed by atoms with Gasteiger partial charge in [-0.1, -0.05) is 23.7 Å². The summed E-state index contributed by atoms with van der Waals surface area (Å²) in [5.41, 5.74) is 0. The molecule has 5 nitrogen and oxygen atoms in total. The van der Waals surface area contributed by atoms with E-state index in [9.17, 15) is 4.79 Å². The van der Waals surface area contributed by atoms with E-state index in [1.807, 2.05) is 41.4 Å². The Balaban J connectivity index is 1.40. The SMILES string of the molecule is O=C(Cn1cccn1)N1C[C@@H]2CC[C@H](Oc3ccccc3Cl)[C@@H]2C1. The lowest BCUT2D eigenvalue weighted by atomic mass is 9.99. The predicted octanol–water partition coefficient (Wildman–Crippen LogP) is 2.85. The number of nitrogens with zero attached hydrogens (tertiary/aromatic N) is 3. The van der Waals surface area contributed by atoms with Crippen molar-refractivity contribution in [1.82, 2.24) is 14.7 Å². The van der Waals surface area contributed by atoms with Crippen LogP contribution in [0.1, 0.15) is 12.8 Å². The molecular weight excluding hydrogens is 326 g/mol. The molecule has 6 heteroatoms. The number of carbonyl (C=O) groups is 1. The van der Waals surface area contributed by atoms with E-state index in [0.29, 0.717) is 23.4 Å². The number of amides is 1. The highest BCUT2D eigenvalue weighted by Crippen LogP contribution is 2.41. The first-order valence-corrected chi connectivity index (χ1v) is 8.75.